The Kier molecular flexibility index (Phi) is 6.11. The van der Waals surface area contributed by atoms with E-state index in [1.807, 2.05) is 0 Å². The van der Waals surface area contributed by atoms with Crippen molar-refractivity contribution < 1.29 is 23.5 Å². The number of ketones is 1. The first-order chi connectivity index (χ1) is 15.4. The smallest absolute Gasteiger partial charge is 0.350 e. The minimum atomic E-state index is -0.696. The second kappa shape index (κ2) is 8.97. The Bertz CT molecular complexity index is 1480. The summed E-state index contributed by atoms with van der Waals surface area (Å²) < 4.78 is 16.1. The summed E-state index contributed by atoms with van der Waals surface area (Å²) in [6.07, 6.45) is -0.545. The van der Waals surface area contributed by atoms with E-state index in [-0.39, 0.29) is 10.5 Å². The van der Waals surface area contributed by atoms with Crippen molar-refractivity contribution in [1.29, 1.82) is 0 Å². The molecule has 0 aliphatic heterocycles. The Morgan fingerprint density at radius 3 is 2.38 bits per heavy atom. The van der Waals surface area contributed by atoms with Crippen LogP contribution in [0.15, 0.2) is 67.4 Å². The fourth-order valence-electron chi connectivity index (χ4n) is 3.22. The van der Waals surface area contributed by atoms with Crippen LogP contribution in [0.25, 0.3) is 21.1 Å². The van der Waals surface area contributed by atoms with Crippen molar-refractivity contribution in [3.63, 3.8) is 0 Å². The van der Waals surface area contributed by atoms with Gasteiger partial charge >= 0.3 is 5.63 Å². The number of rotatable bonds is 6. The van der Waals surface area contributed by atoms with E-state index in [4.69, 9.17) is 13.9 Å². The maximum absolute atomic E-state index is 12.7. The van der Waals surface area contributed by atoms with E-state index < -0.39 is 27.7 Å². The molecule has 32 heavy (non-hydrogen) atoms. The zero-order chi connectivity index (χ0) is 22.8. The van der Waals surface area contributed by atoms with Gasteiger partial charge in [0.25, 0.3) is 0 Å². The Balaban J connectivity index is 1.60. The summed E-state index contributed by atoms with van der Waals surface area (Å²) in [4.78, 5) is 50.0. The van der Waals surface area contributed by atoms with Gasteiger partial charge in [0.15, 0.2) is 5.78 Å². The summed E-state index contributed by atoms with van der Waals surface area (Å²) in [5.74, 6) is 0.384. The van der Waals surface area contributed by atoms with Crippen LogP contribution >= 0.6 is 23.1 Å². The van der Waals surface area contributed by atoms with Crippen molar-refractivity contribution in [2.24, 2.45) is 0 Å². The maximum atomic E-state index is 12.7. The average molecular weight is 469 g/mol. The number of ether oxygens (including phenoxy) is 2. The second-order valence-corrected chi connectivity index (χ2v) is 8.78. The van der Waals surface area contributed by atoms with Gasteiger partial charge in [0.05, 0.1) is 31.6 Å². The van der Waals surface area contributed by atoms with Crippen LogP contribution in [0.1, 0.15) is 16.8 Å². The normalized spacial score (nSPS) is 10.9. The van der Waals surface area contributed by atoms with Crippen LogP contribution in [0.4, 0.5) is 0 Å². The Labute approximate surface area is 189 Å². The summed E-state index contributed by atoms with van der Waals surface area (Å²) >= 11 is 1.51. The van der Waals surface area contributed by atoms with Crippen LogP contribution in [-0.2, 0) is 4.79 Å². The highest BCUT2D eigenvalue weighted by molar-refractivity contribution is 8.13. The van der Waals surface area contributed by atoms with Gasteiger partial charge in [-0.1, -0.05) is 23.5 Å². The molecule has 0 atom stereocenters. The lowest BCUT2D eigenvalue weighted by molar-refractivity contribution is -0.110. The molecule has 0 aliphatic carbocycles. The molecule has 2 aromatic heterocycles. The van der Waals surface area contributed by atoms with Gasteiger partial charge in [0.2, 0.25) is 9.86 Å². The lowest BCUT2D eigenvalue weighted by Gasteiger charge is -2.07. The highest BCUT2D eigenvalue weighted by atomic mass is 32.2. The molecular weight excluding hydrogens is 452 g/mol. The van der Waals surface area contributed by atoms with Gasteiger partial charge in [0, 0.05) is 10.1 Å². The number of benzene rings is 2. The standard InChI is InChI=1S/C23H16O7S2/c1-28-16-5-3-7-18-13(16)10-20(22(26)30-18)31-21(25)11-15(24)12-9-14-17(29-2)6-4-8-19(14)32-23(12)27/h3-10H,11H2,1-2H3. The Morgan fingerprint density at radius 2 is 1.66 bits per heavy atom. The quantitative estimate of drug-likeness (QED) is 0.179. The van der Waals surface area contributed by atoms with Gasteiger partial charge in [-0.15, -0.1) is 0 Å². The van der Waals surface area contributed by atoms with Gasteiger partial charge in [-0.05, 0) is 48.2 Å². The van der Waals surface area contributed by atoms with E-state index in [9.17, 15) is 19.2 Å². The number of carbonyl (C=O) groups is 2. The van der Waals surface area contributed by atoms with Crippen molar-refractivity contribution in [2.75, 3.05) is 14.2 Å². The molecule has 0 bridgehead atoms. The third-order valence-electron chi connectivity index (χ3n) is 4.71. The van der Waals surface area contributed by atoms with E-state index >= 15 is 0 Å². The van der Waals surface area contributed by atoms with E-state index in [0.717, 1.165) is 11.3 Å². The average Bonchev–Trinajstić information content (AvgIpc) is 2.78. The van der Waals surface area contributed by atoms with Crippen molar-refractivity contribution in [1.82, 2.24) is 0 Å². The summed E-state index contributed by atoms with van der Waals surface area (Å²) in [7, 11) is 2.98. The molecule has 0 fully saturated rings. The lowest BCUT2D eigenvalue weighted by atomic mass is 10.1. The molecule has 9 heteroatoms. The molecule has 7 nitrogen and oxygen atoms in total. The van der Waals surface area contributed by atoms with Crippen molar-refractivity contribution in [3.8, 4) is 11.5 Å². The number of carbonyl (C=O) groups excluding carboxylic acids is 2. The first-order valence-electron chi connectivity index (χ1n) is 9.37. The Morgan fingerprint density at radius 1 is 0.969 bits per heavy atom. The van der Waals surface area contributed by atoms with Gasteiger partial charge in [-0.2, -0.15) is 0 Å². The third kappa shape index (κ3) is 4.17. The lowest BCUT2D eigenvalue weighted by Crippen LogP contribution is -2.15. The molecule has 0 aliphatic rings. The first kappa shape index (κ1) is 21.8. The summed E-state index contributed by atoms with van der Waals surface area (Å²) in [5.41, 5.74) is -0.461. The number of hydrogen-bond acceptors (Lipinski definition) is 9. The zero-order valence-electron chi connectivity index (χ0n) is 17.0. The molecule has 2 heterocycles. The van der Waals surface area contributed by atoms with Gasteiger partial charge in [0.1, 0.15) is 22.0 Å². The topological polar surface area (TPSA) is 99.9 Å². The predicted octanol–water partition coefficient (Wildman–Crippen LogP) is 4.28. The molecule has 0 saturated carbocycles. The molecule has 0 N–H and O–H groups in total. The van der Waals surface area contributed by atoms with Crippen LogP contribution in [0.2, 0.25) is 0 Å². The van der Waals surface area contributed by atoms with Crippen LogP contribution in [-0.4, -0.2) is 25.1 Å². The van der Waals surface area contributed by atoms with Crippen LogP contribution in [0.3, 0.4) is 0 Å². The number of fused-ring (bicyclic) bond motifs is 2. The molecule has 4 aromatic rings. The molecule has 0 unspecified atom stereocenters. The monoisotopic (exact) mass is 468 g/mol. The molecule has 0 spiro atoms. The number of thioether (sulfide) groups is 1. The van der Waals surface area contributed by atoms with Crippen LogP contribution in [0, 0.1) is 0 Å². The van der Waals surface area contributed by atoms with Crippen LogP contribution < -0.4 is 19.8 Å². The van der Waals surface area contributed by atoms with Gasteiger partial charge in [-0.3, -0.25) is 14.4 Å². The maximum Gasteiger partial charge on any atom is 0.350 e. The number of hydrogen-bond donors (Lipinski definition) is 0. The van der Waals surface area contributed by atoms with Crippen LogP contribution in [0.5, 0.6) is 11.5 Å². The molecule has 0 saturated heterocycles. The third-order valence-corrected chi connectivity index (χ3v) is 6.57. The molecule has 2 aromatic carbocycles. The highest BCUT2D eigenvalue weighted by Crippen LogP contribution is 2.30. The van der Waals surface area contributed by atoms with Crippen molar-refractivity contribution >= 4 is 55.1 Å². The second-order valence-electron chi connectivity index (χ2n) is 6.66. The van der Waals surface area contributed by atoms with E-state index in [1.165, 1.54) is 26.4 Å². The zero-order valence-corrected chi connectivity index (χ0v) is 18.6. The molecule has 162 valence electrons. The summed E-state index contributed by atoms with van der Waals surface area (Å²) in [6, 6.07) is 13.2. The van der Waals surface area contributed by atoms with E-state index in [2.05, 4.69) is 0 Å². The largest absolute Gasteiger partial charge is 0.496 e. The SMILES string of the molecule is COc1cccc2oc(=O)c(SC(=O)CC(=O)c3cc4c(OC)cccc4sc3=O)cc12. The molecule has 4 rings (SSSR count). The Hall–Kier alpha value is -3.43. The van der Waals surface area contributed by atoms with E-state index in [1.54, 1.807) is 36.4 Å². The van der Waals surface area contributed by atoms with Gasteiger partial charge < -0.3 is 13.9 Å². The number of Topliss-reactive ketones (excluding diaryl/α,β-unsaturated/α-hetero) is 1. The first-order valence-corrected chi connectivity index (χ1v) is 11.0. The highest BCUT2D eigenvalue weighted by Gasteiger charge is 2.20. The molecular formula is C23H16O7S2. The summed E-state index contributed by atoms with van der Waals surface area (Å²) in [6.45, 7) is 0. The fourth-order valence-corrected chi connectivity index (χ4v) is 4.86. The molecule has 0 radical (unpaired) electrons. The number of methoxy groups -OCH3 is 2. The minimum absolute atomic E-state index is 0.0325. The molecule has 0 amide bonds. The van der Waals surface area contributed by atoms with Crippen molar-refractivity contribution in [2.45, 2.75) is 11.3 Å². The fraction of sp³-hybridized carbons (Fsp3) is 0.130. The predicted molar refractivity (Wildman–Crippen MR) is 123 cm³/mol. The van der Waals surface area contributed by atoms with Gasteiger partial charge in [-0.25, -0.2) is 4.79 Å². The minimum Gasteiger partial charge on any atom is -0.496 e. The van der Waals surface area contributed by atoms with E-state index in [0.29, 0.717) is 44.3 Å². The van der Waals surface area contributed by atoms with Crippen molar-refractivity contribution in [3.05, 3.63) is 74.1 Å². The summed E-state index contributed by atoms with van der Waals surface area (Å²) in [5, 5.41) is 0.563.